The highest BCUT2D eigenvalue weighted by Crippen LogP contribution is 2.40. The Morgan fingerprint density at radius 1 is 1.11 bits per heavy atom. The molecule has 1 fully saturated rings. The second-order valence-corrected chi connectivity index (χ2v) is 12.0. The van der Waals surface area contributed by atoms with Crippen molar-refractivity contribution in [1.29, 1.82) is 0 Å². The summed E-state index contributed by atoms with van der Waals surface area (Å²) in [5.74, 6) is -2.10. The number of aromatic nitrogens is 1. The number of para-hydroxylation sites is 1. The van der Waals surface area contributed by atoms with E-state index in [4.69, 9.17) is 4.74 Å². The molecule has 206 valence electrons. The van der Waals surface area contributed by atoms with Crippen molar-refractivity contribution in [3.63, 3.8) is 0 Å². The van der Waals surface area contributed by atoms with Gasteiger partial charge in [0, 0.05) is 23.5 Å². The molecule has 1 aromatic carbocycles. The number of hydrogen-bond donors (Lipinski definition) is 8. The van der Waals surface area contributed by atoms with Gasteiger partial charge in [0.1, 0.15) is 24.4 Å². The molecule has 0 spiro atoms. The predicted molar refractivity (Wildman–Crippen MR) is 135 cm³/mol. The zero-order chi connectivity index (χ0) is 27.5. The number of aliphatic hydroxyl groups is 3. The number of nitrogens with one attached hydrogen (secondary N) is 3. The molecule has 0 radical (unpaired) electrons. The number of H-pyrrole nitrogens is 1. The van der Waals surface area contributed by atoms with Gasteiger partial charge in [-0.1, -0.05) is 32.0 Å². The zero-order valence-electron chi connectivity index (χ0n) is 20.9. The van der Waals surface area contributed by atoms with Gasteiger partial charge in [0.2, 0.25) is 5.91 Å². The highest BCUT2D eigenvalue weighted by atomic mass is 31.2. The fraction of sp³-hybridized carbons (Fsp3) is 0.583. The van der Waals surface area contributed by atoms with E-state index in [1.165, 1.54) is 6.92 Å². The third kappa shape index (κ3) is 7.38. The van der Waals surface area contributed by atoms with E-state index in [1.807, 2.05) is 24.3 Å². The summed E-state index contributed by atoms with van der Waals surface area (Å²) in [5.41, 5.74) is 1.52. The Balaban J connectivity index is 1.72. The Hall–Kier alpha value is -2.31. The van der Waals surface area contributed by atoms with E-state index >= 15 is 0 Å². The van der Waals surface area contributed by atoms with Gasteiger partial charge in [0.05, 0.1) is 24.4 Å². The number of rotatable bonds is 11. The van der Waals surface area contributed by atoms with Crippen molar-refractivity contribution in [2.75, 3.05) is 6.16 Å². The molecule has 13 heteroatoms. The van der Waals surface area contributed by atoms with Crippen molar-refractivity contribution < 1.29 is 44.2 Å². The lowest BCUT2D eigenvalue weighted by Crippen LogP contribution is -2.58. The first-order chi connectivity index (χ1) is 17.3. The van der Waals surface area contributed by atoms with Crippen LogP contribution < -0.4 is 10.4 Å². The number of aliphatic hydroxyl groups excluding tert-OH is 3. The fourth-order valence-corrected chi connectivity index (χ4v) is 6.12. The molecular formula is C24H36N3O9P. The summed E-state index contributed by atoms with van der Waals surface area (Å²) < 4.78 is 18.5. The van der Waals surface area contributed by atoms with E-state index in [2.05, 4.69) is 15.4 Å². The number of carbonyl (C=O) groups is 2. The van der Waals surface area contributed by atoms with Crippen LogP contribution in [0, 0.1) is 5.92 Å². The van der Waals surface area contributed by atoms with Crippen molar-refractivity contribution in [3.05, 3.63) is 36.0 Å². The molecule has 2 heterocycles. The maximum absolute atomic E-state index is 13.1. The predicted octanol–water partition coefficient (Wildman–Crippen LogP) is 0.340. The van der Waals surface area contributed by atoms with Gasteiger partial charge in [0.25, 0.3) is 7.52 Å². The van der Waals surface area contributed by atoms with Crippen LogP contribution in [0.2, 0.25) is 0 Å². The second kappa shape index (κ2) is 12.0. The second-order valence-electron chi connectivity index (χ2n) is 10.0. The number of aliphatic carboxylic acids is 1. The van der Waals surface area contributed by atoms with Gasteiger partial charge in [-0.05, 0) is 30.9 Å². The Bertz CT molecular complexity index is 1140. The Morgan fingerprint density at radius 2 is 1.78 bits per heavy atom. The standard InChI is InChI=1S/C24H36N3O9P/c1-12(2)8-17(27-37(34,35)11-19-21(29)22(30)20(28)13(3)36-19)23(31)26-18(24(32)33)9-14-10-25-16-7-5-4-6-15(14)16/h4-7,10,12-13,17-22,25,28-30H,8-9,11H2,1-3H3,(H,26,31)(H,32,33)(H2,27,34,35). The van der Waals surface area contributed by atoms with Crippen LogP contribution in [0.15, 0.2) is 30.5 Å². The zero-order valence-corrected chi connectivity index (χ0v) is 21.8. The first kappa shape index (κ1) is 29.2. The highest BCUT2D eigenvalue weighted by Gasteiger charge is 2.45. The molecule has 1 aliphatic rings. The minimum Gasteiger partial charge on any atom is -0.480 e. The van der Waals surface area contributed by atoms with E-state index in [9.17, 15) is 39.5 Å². The molecule has 37 heavy (non-hydrogen) atoms. The molecule has 1 saturated heterocycles. The fourth-order valence-electron chi connectivity index (χ4n) is 4.51. The lowest BCUT2D eigenvalue weighted by molar-refractivity contribution is -0.211. The SMILES string of the molecule is CC(C)CC(NP(=O)(O)CC1OC(C)C(O)C(O)C1O)C(=O)NC(Cc1c[nH]c2ccccc12)C(=O)O. The Kier molecular flexibility index (Phi) is 9.52. The number of aromatic amines is 1. The van der Waals surface area contributed by atoms with Gasteiger partial charge in [-0.25, -0.2) is 9.88 Å². The number of ether oxygens (including phenoxy) is 1. The molecule has 1 aromatic heterocycles. The van der Waals surface area contributed by atoms with Gasteiger partial charge >= 0.3 is 5.97 Å². The number of carboxylic acid groups (broad SMARTS) is 1. The van der Waals surface area contributed by atoms with E-state index in [1.54, 1.807) is 20.0 Å². The summed E-state index contributed by atoms with van der Waals surface area (Å²) in [7, 11) is -4.33. The molecule has 12 nitrogen and oxygen atoms in total. The smallest absolute Gasteiger partial charge is 0.326 e. The van der Waals surface area contributed by atoms with Crippen LogP contribution in [0.4, 0.5) is 0 Å². The molecule has 3 rings (SSSR count). The van der Waals surface area contributed by atoms with Crippen molar-refractivity contribution in [2.45, 2.75) is 76.2 Å². The van der Waals surface area contributed by atoms with Gasteiger partial charge in [-0.15, -0.1) is 0 Å². The Morgan fingerprint density at radius 3 is 2.43 bits per heavy atom. The maximum atomic E-state index is 13.1. The molecule has 8 atom stereocenters. The van der Waals surface area contributed by atoms with Crippen LogP contribution in [-0.4, -0.2) is 90.9 Å². The van der Waals surface area contributed by atoms with Crippen LogP contribution >= 0.6 is 7.52 Å². The molecule has 0 aliphatic carbocycles. The first-order valence-electron chi connectivity index (χ1n) is 12.2. The van der Waals surface area contributed by atoms with E-state index < -0.39 is 68.2 Å². The van der Waals surface area contributed by atoms with E-state index in [0.29, 0.717) is 5.56 Å². The highest BCUT2D eigenvalue weighted by molar-refractivity contribution is 7.56. The number of carbonyl (C=O) groups excluding carboxylic acids is 1. The van der Waals surface area contributed by atoms with Crippen molar-refractivity contribution in [2.24, 2.45) is 5.92 Å². The molecule has 1 aliphatic heterocycles. The first-order valence-corrected chi connectivity index (χ1v) is 14.0. The third-order valence-electron chi connectivity index (χ3n) is 6.47. The molecule has 8 N–H and O–H groups in total. The molecule has 1 amide bonds. The summed E-state index contributed by atoms with van der Waals surface area (Å²) >= 11 is 0. The van der Waals surface area contributed by atoms with Crippen LogP contribution in [0.5, 0.6) is 0 Å². The van der Waals surface area contributed by atoms with Gasteiger partial charge < -0.3 is 40.4 Å². The molecular weight excluding hydrogens is 505 g/mol. The number of amides is 1. The summed E-state index contributed by atoms with van der Waals surface area (Å²) in [5, 5.41) is 45.6. The molecule has 8 unspecified atom stereocenters. The van der Waals surface area contributed by atoms with Crippen molar-refractivity contribution >= 4 is 30.3 Å². The monoisotopic (exact) mass is 541 g/mol. The quantitative estimate of drug-likeness (QED) is 0.183. The summed E-state index contributed by atoms with van der Waals surface area (Å²) in [4.78, 5) is 38.8. The average Bonchev–Trinajstić information content (AvgIpc) is 3.22. The normalized spacial score (nSPS) is 27.5. The maximum Gasteiger partial charge on any atom is 0.326 e. The van der Waals surface area contributed by atoms with Crippen molar-refractivity contribution in [1.82, 2.24) is 15.4 Å². The summed E-state index contributed by atoms with van der Waals surface area (Å²) in [6, 6.07) is 4.85. The largest absolute Gasteiger partial charge is 0.480 e. The van der Waals surface area contributed by atoms with Crippen LogP contribution in [0.1, 0.15) is 32.8 Å². The third-order valence-corrected chi connectivity index (χ3v) is 8.04. The molecule has 0 bridgehead atoms. The Labute approximate surface area is 214 Å². The molecule has 2 aromatic rings. The number of hydrogen-bond acceptors (Lipinski definition) is 7. The topological polar surface area (TPSA) is 201 Å². The average molecular weight is 542 g/mol. The number of carboxylic acids is 1. The van der Waals surface area contributed by atoms with Gasteiger partial charge in [-0.3, -0.25) is 9.36 Å². The van der Waals surface area contributed by atoms with E-state index in [0.717, 1.165) is 10.9 Å². The number of benzene rings is 1. The van der Waals surface area contributed by atoms with Gasteiger partial charge in [-0.2, -0.15) is 0 Å². The van der Waals surface area contributed by atoms with Crippen LogP contribution in [0.25, 0.3) is 10.9 Å². The number of fused-ring (bicyclic) bond motifs is 1. The lowest BCUT2D eigenvalue weighted by atomic mass is 9.96. The summed E-state index contributed by atoms with van der Waals surface area (Å²) in [6.45, 7) is 5.06. The van der Waals surface area contributed by atoms with E-state index in [-0.39, 0.29) is 18.8 Å². The van der Waals surface area contributed by atoms with Crippen LogP contribution in [0.3, 0.4) is 0 Å². The molecule has 0 saturated carbocycles. The lowest BCUT2D eigenvalue weighted by Gasteiger charge is -2.40. The minimum atomic E-state index is -4.33. The van der Waals surface area contributed by atoms with Gasteiger partial charge in [0.15, 0.2) is 0 Å². The minimum absolute atomic E-state index is 0.00349. The summed E-state index contributed by atoms with van der Waals surface area (Å²) in [6.07, 6.45) is -5.53. The van der Waals surface area contributed by atoms with Crippen molar-refractivity contribution in [3.8, 4) is 0 Å². The van der Waals surface area contributed by atoms with Crippen LogP contribution in [-0.2, 0) is 25.3 Å².